The molecule has 2 aromatic carbocycles. The fourth-order valence-electron chi connectivity index (χ4n) is 3.44. The second-order valence-corrected chi connectivity index (χ2v) is 10.5. The van der Waals surface area contributed by atoms with E-state index < -0.39 is 8.56 Å². The lowest BCUT2D eigenvalue weighted by atomic mass is 10.2. The van der Waals surface area contributed by atoms with Crippen molar-refractivity contribution in [3.63, 3.8) is 0 Å². The molecule has 0 aromatic heterocycles. The first-order valence-electron chi connectivity index (χ1n) is 11.4. The molecular formula is C26H38O2Si. The van der Waals surface area contributed by atoms with Crippen LogP contribution < -0.4 is 10.4 Å². The molecule has 0 aliphatic rings. The summed E-state index contributed by atoms with van der Waals surface area (Å²) >= 11 is 0. The van der Waals surface area contributed by atoms with Crippen molar-refractivity contribution >= 4 is 18.9 Å². The molecule has 29 heavy (non-hydrogen) atoms. The van der Waals surface area contributed by atoms with Gasteiger partial charge in [-0.2, -0.15) is 0 Å². The van der Waals surface area contributed by atoms with Gasteiger partial charge in [-0.15, -0.1) is 0 Å². The van der Waals surface area contributed by atoms with Gasteiger partial charge in [0.05, 0.1) is 0 Å². The summed E-state index contributed by atoms with van der Waals surface area (Å²) in [4.78, 5) is 0. The van der Waals surface area contributed by atoms with Crippen molar-refractivity contribution in [2.45, 2.75) is 65.2 Å². The molecule has 0 spiro atoms. The van der Waals surface area contributed by atoms with E-state index in [1.807, 2.05) is 0 Å². The Balaban J connectivity index is 2.14. The molecule has 2 aromatic rings. The summed E-state index contributed by atoms with van der Waals surface area (Å²) in [6, 6.07) is 21.1. The van der Waals surface area contributed by atoms with Crippen LogP contribution in [0.2, 0.25) is 0 Å². The number of unbranched alkanes of at least 4 members (excludes halogenated alkanes) is 5. The van der Waals surface area contributed by atoms with Crippen LogP contribution in [-0.2, 0) is 8.85 Å². The highest BCUT2D eigenvalue weighted by Gasteiger charge is 2.42. The molecule has 0 unspecified atom stereocenters. The van der Waals surface area contributed by atoms with Gasteiger partial charge < -0.3 is 8.85 Å². The summed E-state index contributed by atoms with van der Waals surface area (Å²) in [5.41, 5.74) is 0. The van der Waals surface area contributed by atoms with Crippen molar-refractivity contribution < 1.29 is 8.85 Å². The van der Waals surface area contributed by atoms with E-state index in [2.05, 4.69) is 86.7 Å². The first-order chi connectivity index (χ1) is 14.3. The fraction of sp³-hybridized carbons (Fsp3) is 0.462. The zero-order valence-electron chi connectivity index (χ0n) is 18.3. The molecule has 0 bridgehead atoms. The molecule has 0 saturated heterocycles. The number of benzene rings is 2. The lowest BCUT2D eigenvalue weighted by molar-refractivity contribution is 0.190. The van der Waals surface area contributed by atoms with Crippen LogP contribution in [0.5, 0.6) is 0 Å². The quantitative estimate of drug-likeness (QED) is 0.204. The molecule has 0 fully saturated rings. The fourth-order valence-corrected chi connectivity index (χ4v) is 6.63. The number of allylic oxidation sites excluding steroid dienone is 1. The smallest absolute Gasteiger partial charge is 0.388 e. The van der Waals surface area contributed by atoms with Gasteiger partial charge in [-0.3, -0.25) is 0 Å². The standard InChI is InChI=1S/C26H38O2Si/c1-3-5-7-8-9-10-18-24-28-29(27-23-17-6-4-2,25-19-13-11-14-20-25)26-21-15-12-16-22-26/h9-16,19-22H,3-8,17-18,23-24H2,1-2H3/b10-9+. The largest absolute Gasteiger partial charge is 0.407 e. The molecule has 2 rings (SSSR count). The third-order valence-corrected chi connectivity index (χ3v) is 8.50. The second kappa shape index (κ2) is 14.3. The van der Waals surface area contributed by atoms with E-state index in [4.69, 9.17) is 8.85 Å². The summed E-state index contributed by atoms with van der Waals surface area (Å²) in [7, 11) is -2.71. The SMILES string of the molecule is CCCCC/C=C/CCO[Si](OCCCCC)(c1ccccc1)c1ccccc1. The molecule has 2 nitrogen and oxygen atoms in total. The van der Waals surface area contributed by atoms with Gasteiger partial charge in [0.15, 0.2) is 0 Å². The van der Waals surface area contributed by atoms with E-state index in [-0.39, 0.29) is 0 Å². The topological polar surface area (TPSA) is 18.5 Å². The monoisotopic (exact) mass is 410 g/mol. The van der Waals surface area contributed by atoms with Gasteiger partial charge >= 0.3 is 8.56 Å². The van der Waals surface area contributed by atoms with Gasteiger partial charge in [0, 0.05) is 13.2 Å². The van der Waals surface area contributed by atoms with Gasteiger partial charge in [-0.25, -0.2) is 0 Å². The Labute approximate surface area is 179 Å². The van der Waals surface area contributed by atoms with E-state index >= 15 is 0 Å². The van der Waals surface area contributed by atoms with Crippen molar-refractivity contribution in [1.29, 1.82) is 0 Å². The van der Waals surface area contributed by atoms with Gasteiger partial charge in [0.25, 0.3) is 0 Å². The molecular weight excluding hydrogens is 372 g/mol. The Morgan fingerprint density at radius 2 is 1.14 bits per heavy atom. The third-order valence-electron chi connectivity index (χ3n) is 5.09. The molecule has 0 radical (unpaired) electrons. The lowest BCUT2D eigenvalue weighted by Crippen LogP contribution is -2.63. The van der Waals surface area contributed by atoms with Gasteiger partial charge in [-0.1, -0.05) is 112 Å². The predicted octanol–water partition coefficient (Wildman–Crippen LogP) is 5.99. The minimum absolute atomic E-state index is 0.689. The molecule has 0 heterocycles. The highest BCUT2D eigenvalue weighted by Crippen LogP contribution is 2.13. The zero-order valence-corrected chi connectivity index (χ0v) is 19.3. The molecule has 158 valence electrons. The van der Waals surface area contributed by atoms with Crippen molar-refractivity contribution in [3.05, 3.63) is 72.8 Å². The van der Waals surface area contributed by atoms with Gasteiger partial charge in [0.2, 0.25) is 0 Å². The maximum atomic E-state index is 6.68. The Hall–Kier alpha value is -1.68. The van der Waals surface area contributed by atoms with Crippen molar-refractivity contribution in [2.75, 3.05) is 13.2 Å². The second-order valence-electron chi connectivity index (χ2n) is 7.51. The summed E-state index contributed by atoms with van der Waals surface area (Å²) < 4.78 is 13.3. The first-order valence-corrected chi connectivity index (χ1v) is 13.2. The van der Waals surface area contributed by atoms with Crippen molar-refractivity contribution in [3.8, 4) is 0 Å². The van der Waals surface area contributed by atoms with E-state index in [1.54, 1.807) is 0 Å². The van der Waals surface area contributed by atoms with Crippen molar-refractivity contribution in [1.82, 2.24) is 0 Å². The predicted molar refractivity (Wildman–Crippen MR) is 127 cm³/mol. The number of hydrogen-bond acceptors (Lipinski definition) is 2. The molecule has 0 aliphatic heterocycles. The first kappa shape index (κ1) is 23.6. The highest BCUT2D eigenvalue weighted by atomic mass is 28.4. The Morgan fingerprint density at radius 3 is 1.72 bits per heavy atom. The molecule has 0 amide bonds. The van der Waals surface area contributed by atoms with Crippen LogP contribution in [0.3, 0.4) is 0 Å². The van der Waals surface area contributed by atoms with Gasteiger partial charge in [0.1, 0.15) is 0 Å². The molecule has 0 N–H and O–H groups in total. The number of hydrogen-bond donors (Lipinski definition) is 0. The summed E-state index contributed by atoms with van der Waals surface area (Å²) in [5.74, 6) is 0. The average Bonchev–Trinajstić information content (AvgIpc) is 2.78. The Bertz CT molecular complexity index is 630. The summed E-state index contributed by atoms with van der Waals surface area (Å²) in [6.45, 7) is 5.91. The minimum atomic E-state index is -2.71. The minimum Gasteiger partial charge on any atom is -0.388 e. The van der Waals surface area contributed by atoms with Crippen LogP contribution in [-0.4, -0.2) is 21.8 Å². The van der Waals surface area contributed by atoms with E-state index in [9.17, 15) is 0 Å². The van der Waals surface area contributed by atoms with E-state index in [0.29, 0.717) is 6.61 Å². The maximum Gasteiger partial charge on any atom is 0.407 e. The Kier molecular flexibility index (Phi) is 11.7. The van der Waals surface area contributed by atoms with Crippen LogP contribution in [0.25, 0.3) is 0 Å². The van der Waals surface area contributed by atoms with Crippen LogP contribution in [0.1, 0.15) is 65.2 Å². The van der Waals surface area contributed by atoms with E-state index in [0.717, 1.165) is 19.4 Å². The molecule has 0 aliphatic carbocycles. The maximum absolute atomic E-state index is 6.68. The van der Waals surface area contributed by atoms with Crippen LogP contribution in [0.15, 0.2) is 72.8 Å². The Morgan fingerprint density at radius 1 is 0.621 bits per heavy atom. The summed E-state index contributed by atoms with van der Waals surface area (Å²) in [5, 5.41) is 2.38. The molecule has 0 saturated carbocycles. The van der Waals surface area contributed by atoms with Gasteiger partial charge in [-0.05, 0) is 36.1 Å². The average molecular weight is 411 g/mol. The third kappa shape index (κ3) is 7.92. The number of rotatable bonds is 15. The van der Waals surface area contributed by atoms with E-state index in [1.165, 1.54) is 48.9 Å². The summed E-state index contributed by atoms with van der Waals surface area (Å²) in [6.07, 6.45) is 14.0. The van der Waals surface area contributed by atoms with Crippen molar-refractivity contribution in [2.24, 2.45) is 0 Å². The van der Waals surface area contributed by atoms with Crippen LogP contribution in [0.4, 0.5) is 0 Å². The highest BCUT2D eigenvalue weighted by molar-refractivity contribution is 6.92. The van der Waals surface area contributed by atoms with Crippen LogP contribution in [0, 0.1) is 0 Å². The molecule has 3 heteroatoms. The lowest BCUT2D eigenvalue weighted by Gasteiger charge is -2.31. The normalized spacial score (nSPS) is 11.9. The molecule has 0 atom stereocenters. The zero-order chi connectivity index (χ0) is 20.6. The van der Waals surface area contributed by atoms with Crippen LogP contribution >= 0.6 is 0 Å².